The second-order valence-corrected chi connectivity index (χ2v) is 6.10. The number of aliphatic hydroxyl groups is 1. The molecule has 2 amide bonds. The number of nitrogens with zero attached hydrogens (tertiary/aromatic N) is 1. The molecule has 2 N–H and O–H groups in total. The number of amides is 2. The van der Waals surface area contributed by atoms with Crippen LogP contribution in [0.4, 0.5) is 4.39 Å². The first-order valence-electron chi connectivity index (χ1n) is 7.01. The fraction of sp³-hybridized carbons (Fsp3) is 0.467. The van der Waals surface area contributed by atoms with Crippen molar-refractivity contribution in [3.63, 3.8) is 0 Å². The third kappa shape index (κ3) is 3.23. The Morgan fingerprint density at radius 1 is 1.50 bits per heavy atom. The summed E-state index contributed by atoms with van der Waals surface area (Å²) in [7, 11) is 0. The van der Waals surface area contributed by atoms with E-state index in [0.29, 0.717) is 12.1 Å². The molecule has 1 atom stereocenters. The van der Waals surface area contributed by atoms with Crippen LogP contribution in [-0.2, 0) is 16.1 Å². The molecule has 22 heavy (non-hydrogen) atoms. The molecule has 1 aliphatic rings. The van der Waals surface area contributed by atoms with E-state index in [4.69, 9.17) is 11.6 Å². The van der Waals surface area contributed by atoms with Crippen molar-refractivity contribution in [2.75, 3.05) is 6.54 Å². The van der Waals surface area contributed by atoms with E-state index < -0.39 is 23.2 Å². The van der Waals surface area contributed by atoms with Gasteiger partial charge in [0.2, 0.25) is 5.60 Å². The van der Waals surface area contributed by atoms with E-state index >= 15 is 0 Å². The van der Waals surface area contributed by atoms with Gasteiger partial charge in [-0.05, 0) is 37.6 Å². The van der Waals surface area contributed by atoms with Gasteiger partial charge in [-0.15, -0.1) is 0 Å². The molecule has 0 saturated carbocycles. The minimum atomic E-state index is -2.05. The summed E-state index contributed by atoms with van der Waals surface area (Å²) in [4.78, 5) is 25.8. The van der Waals surface area contributed by atoms with Gasteiger partial charge in [-0.3, -0.25) is 9.59 Å². The molecule has 0 spiro atoms. The number of carbonyl (C=O) groups is 2. The van der Waals surface area contributed by atoms with Crippen molar-refractivity contribution in [1.29, 1.82) is 0 Å². The Morgan fingerprint density at radius 3 is 2.73 bits per heavy atom. The molecular weight excluding hydrogens is 311 g/mol. The number of halogens is 2. The van der Waals surface area contributed by atoms with Crippen LogP contribution >= 0.6 is 11.6 Å². The molecule has 1 saturated heterocycles. The van der Waals surface area contributed by atoms with Gasteiger partial charge in [-0.2, -0.15) is 0 Å². The van der Waals surface area contributed by atoms with E-state index in [9.17, 15) is 19.1 Å². The predicted octanol–water partition coefficient (Wildman–Crippen LogP) is 1.47. The van der Waals surface area contributed by atoms with E-state index in [2.05, 4.69) is 5.32 Å². The molecule has 1 aromatic rings. The quantitative estimate of drug-likeness (QED) is 0.822. The predicted molar refractivity (Wildman–Crippen MR) is 79.7 cm³/mol. The van der Waals surface area contributed by atoms with E-state index in [0.717, 1.165) is 6.07 Å². The molecule has 5 nitrogen and oxygen atoms in total. The molecule has 0 aliphatic carbocycles. The second kappa shape index (κ2) is 6.22. The third-order valence-electron chi connectivity index (χ3n) is 3.70. The van der Waals surface area contributed by atoms with Gasteiger partial charge in [0.05, 0.1) is 0 Å². The van der Waals surface area contributed by atoms with Gasteiger partial charge in [0.15, 0.2) is 0 Å². The van der Waals surface area contributed by atoms with Gasteiger partial charge in [0, 0.05) is 30.6 Å². The monoisotopic (exact) mass is 328 g/mol. The van der Waals surface area contributed by atoms with Crippen LogP contribution in [0, 0.1) is 5.82 Å². The first kappa shape index (κ1) is 16.7. The van der Waals surface area contributed by atoms with Gasteiger partial charge >= 0.3 is 0 Å². The summed E-state index contributed by atoms with van der Waals surface area (Å²) >= 11 is 5.73. The smallest absolute Gasteiger partial charge is 0.264 e. The lowest BCUT2D eigenvalue weighted by atomic mass is 10.0. The number of hydrogen-bond acceptors (Lipinski definition) is 3. The maximum atomic E-state index is 13.2. The van der Waals surface area contributed by atoms with Crippen LogP contribution in [0.5, 0.6) is 0 Å². The molecule has 7 heteroatoms. The first-order chi connectivity index (χ1) is 10.2. The average molecular weight is 329 g/mol. The molecule has 120 valence electrons. The molecule has 1 unspecified atom stereocenters. The molecule has 1 heterocycles. The minimum absolute atomic E-state index is 0.0203. The Morgan fingerprint density at radius 2 is 2.18 bits per heavy atom. The van der Waals surface area contributed by atoms with Crippen LogP contribution in [0.3, 0.4) is 0 Å². The van der Waals surface area contributed by atoms with Gasteiger partial charge in [-0.1, -0.05) is 11.6 Å². The van der Waals surface area contributed by atoms with Crippen molar-refractivity contribution in [3.8, 4) is 0 Å². The Bertz CT molecular complexity index is 588. The Kier molecular flexibility index (Phi) is 4.72. The number of likely N-dealkylation sites (tertiary alicyclic amines) is 1. The van der Waals surface area contributed by atoms with Crippen LogP contribution in [0.2, 0.25) is 5.02 Å². The van der Waals surface area contributed by atoms with Crippen LogP contribution in [0.1, 0.15) is 25.8 Å². The Labute approximate surface area is 133 Å². The van der Waals surface area contributed by atoms with Crippen LogP contribution in [-0.4, -0.2) is 40.0 Å². The van der Waals surface area contributed by atoms with Crippen LogP contribution < -0.4 is 5.32 Å². The number of hydrogen-bond donors (Lipinski definition) is 2. The van der Waals surface area contributed by atoms with Crippen molar-refractivity contribution in [1.82, 2.24) is 10.2 Å². The zero-order valence-electron chi connectivity index (χ0n) is 12.4. The average Bonchev–Trinajstić information content (AvgIpc) is 2.72. The molecule has 2 rings (SSSR count). The highest BCUT2D eigenvalue weighted by molar-refractivity contribution is 6.30. The Balaban J connectivity index is 2.04. The van der Waals surface area contributed by atoms with E-state index in [1.807, 2.05) is 13.8 Å². The Hall–Kier alpha value is -1.66. The number of carbonyl (C=O) groups excluding carboxylic acids is 2. The topological polar surface area (TPSA) is 69.6 Å². The largest absolute Gasteiger partial charge is 0.372 e. The zero-order chi connectivity index (χ0) is 16.5. The van der Waals surface area contributed by atoms with Gasteiger partial charge in [-0.25, -0.2) is 4.39 Å². The zero-order valence-corrected chi connectivity index (χ0v) is 13.2. The van der Waals surface area contributed by atoms with Crippen molar-refractivity contribution in [2.45, 2.75) is 38.5 Å². The summed E-state index contributed by atoms with van der Waals surface area (Å²) in [5.41, 5.74) is -1.60. The molecule has 0 bridgehead atoms. The maximum absolute atomic E-state index is 13.2. The van der Waals surface area contributed by atoms with Crippen molar-refractivity contribution in [3.05, 3.63) is 34.6 Å². The number of rotatable bonds is 4. The maximum Gasteiger partial charge on any atom is 0.264 e. The first-order valence-corrected chi connectivity index (χ1v) is 7.38. The number of nitrogens with one attached hydrogen (secondary N) is 1. The standard InChI is InChI=1S/C15H18ClFN2O3/c1-9(2)19-4-3-15(22,14(19)21)13(20)18-8-10-5-11(16)7-12(17)6-10/h5-7,9,22H,3-4,8H2,1-2H3,(H,18,20). The van der Waals surface area contributed by atoms with Gasteiger partial charge < -0.3 is 15.3 Å². The summed E-state index contributed by atoms with van der Waals surface area (Å²) < 4.78 is 13.2. The van der Waals surface area contributed by atoms with Crippen LogP contribution in [0.25, 0.3) is 0 Å². The van der Waals surface area contributed by atoms with Crippen molar-refractivity contribution >= 4 is 23.4 Å². The summed E-state index contributed by atoms with van der Waals surface area (Å²) in [5.74, 6) is -1.89. The second-order valence-electron chi connectivity index (χ2n) is 5.66. The molecule has 0 radical (unpaired) electrons. The number of benzene rings is 1. The van der Waals surface area contributed by atoms with E-state index in [1.54, 1.807) is 0 Å². The summed E-state index contributed by atoms with van der Waals surface area (Å²) in [6.45, 7) is 3.94. The van der Waals surface area contributed by atoms with Gasteiger partial charge in [0.1, 0.15) is 5.82 Å². The molecule has 0 aromatic heterocycles. The normalized spacial score (nSPS) is 21.5. The lowest BCUT2D eigenvalue weighted by molar-refractivity contribution is -0.155. The van der Waals surface area contributed by atoms with E-state index in [1.165, 1.54) is 17.0 Å². The lowest BCUT2D eigenvalue weighted by Crippen LogP contribution is -2.53. The highest BCUT2D eigenvalue weighted by Gasteiger charge is 2.51. The van der Waals surface area contributed by atoms with Crippen molar-refractivity contribution in [2.24, 2.45) is 0 Å². The molecule has 1 fully saturated rings. The molecular formula is C15H18ClFN2O3. The fourth-order valence-electron chi connectivity index (χ4n) is 2.47. The highest BCUT2D eigenvalue weighted by atomic mass is 35.5. The fourth-order valence-corrected chi connectivity index (χ4v) is 2.72. The van der Waals surface area contributed by atoms with Gasteiger partial charge in [0.25, 0.3) is 11.8 Å². The molecule has 1 aliphatic heterocycles. The van der Waals surface area contributed by atoms with E-state index in [-0.39, 0.29) is 24.0 Å². The van der Waals surface area contributed by atoms with Crippen LogP contribution in [0.15, 0.2) is 18.2 Å². The summed E-state index contributed by atoms with van der Waals surface area (Å²) in [6, 6.07) is 3.80. The third-order valence-corrected chi connectivity index (χ3v) is 3.92. The van der Waals surface area contributed by atoms with Crippen molar-refractivity contribution < 1.29 is 19.1 Å². The summed E-state index contributed by atoms with van der Waals surface area (Å²) in [5, 5.41) is 13.0. The SMILES string of the molecule is CC(C)N1CCC(O)(C(=O)NCc2cc(F)cc(Cl)c2)C1=O. The molecule has 1 aromatic carbocycles. The highest BCUT2D eigenvalue weighted by Crippen LogP contribution is 2.25. The lowest BCUT2D eigenvalue weighted by Gasteiger charge is -2.24. The minimum Gasteiger partial charge on any atom is -0.372 e. The summed E-state index contributed by atoms with van der Waals surface area (Å²) in [6.07, 6.45) is 0.0414.